The second-order valence-corrected chi connectivity index (χ2v) is 4.53. The summed E-state index contributed by atoms with van der Waals surface area (Å²) in [5, 5.41) is 0. The zero-order chi connectivity index (χ0) is 11.1. The van der Waals surface area contributed by atoms with Crippen LogP contribution in [0.5, 0.6) is 0 Å². The Balaban J connectivity index is 2.17. The quantitative estimate of drug-likeness (QED) is 0.754. The molecular formula is C15H15N. The molecule has 2 aliphatic carbocycles. The van der Waals surface area contributed by atoms with Crippen LogP contribution in [0.4, 0.5) is 0 Å². The molecule has 2 N–H and O–H groups in total. The van der Waals surface area contributed by atoms with Crippen LogP contribution in [0.25, 0.3) is 5.57 Å². The topological polar surface area (TPSA) is 26.0 Å². The van der Waals surface area contributed by atoms with Crippen LogP contribution in [0, 0.1) is 5.92 Å². The van der Waals surface area contributed by atoms with Crippen LogP contribution in [-0.2, 0) is 0 Å². The van der Waals surface area contributed by atoms with E-state index >= 15 is 0 Å². The minimum absolute atomic E-state index is 0.631. The van der Waals surface area contributed by atoms with Crippen LogP contribution in [-0.4, -0.2) is 0 Å². The largest absolute Gasteiger partial charge is 0.398 e. The maximum atomic E-state index is 6.24. The number of hydrogen-bond acceptors (Lipinski definition) is 1. The van der Waals surface area contributed by atoms with Crippen molar-refractivity contribution in [1.82, 2.24) is 0 Å². The molecule has 16 heavy (non-hydrogen) atoms. The summed E-state index contributed by atoms with van der Waals surface area (Å²) in [6.45, 7) is 2.08. The average molecular weight is 209 g/mol. The molecule has 0 spiro atoms. The summed E-state index contributed by atoms with van der Waals surface area (Å²) >= 11 is 0. The SMILES string of the molecule is CC1=C(N)C(c2ccccc2)=C2CC2C=C1. The first kappa shape index (κ1) is 9.46. The molecular weight excluding hydrogens is 194 g/mol. The van der Waals surface area contributed by atoms with Gasteiger partial charge in [-0.25, -0.2) is 0 Å². The molecule has 0 saturated heterocycles. The predicted molar refractivity (Wildman–Crippen MR) is 67.5 cm³/mol. The molecule has 2 aliphatic rings. The third kappa shape index (κ3) is 1.40. The lowest BCUT2D eigenvalue weighted by atomic mass is 9.99. The van der Waals surface area contributed by atoms with Gasteiger partial charge in [0.15, 0.2) is 0 Å². The molecule has 1 aromatic carbocycles. The lowest BCUT2D eigenvalue weighted by molar-refractivity contribution is 1.16. The molecule has 1 unspecified atom stereocenters. The lowest BCUT2D eigenvalue weighted by Gasteiger charge is -2.09. The number of benzene rings is 1. The molecule has 1 saturated carbocycles. The van der Waals surface area contributed by atoms with Crippen molar-refractivity contribution in [3.05, 3.63) is 64.9 Å². The molecule has 1 heteroatoms. The number of fused-ring (bicyclic) bond motifs is 1. The fraction of sp³-hybridized carbons (Fsp3) is 0.200. The Kier molecular flexibility index (Phi) is 2.00. The summed E-state index contributed by atoms with van der Waals surface area (Å²) in [5.41, 5.74) is 12.4. The van der Waals surface area contributed by atoms with Crippen molar-refractivity contribution in [3.8, 4) is 0 Å². The highest BCUT2D eigenvalue weighted by Gasteiger charge is 2.33. The van der Waals surface area contributed by atoms with Gasteiger partial charge in [0, 0.05) is 17.2 Å². The summed E-state index contributed by atoms with van der Waals surface area (Å²) in [6, 6.07) is 10.5. The number of rotatable bonds is 1. The van der Waals surface area contributed by atoms with E-state index in [2.05, 4.69) is 43.3 Å². The molecule has 0 bridgehead atoms. The molecule has 1 fully saturated rings. The summed E-state index contributed by atoms with van der Waals surface area (Å²) in [6.07, 6.45) is 5.60. The molecule has 0 heterocycles. The van der Waals surface area contributed by atoms with Gasteiger partial charge in [-0.2, -0.15) is 0 Å². The number of hydrogen-bond donors (Lipinski definition) is 1. The Morgan fingerprint density at radius 1 is 1.19 bits per heavy atom. The van der Waals surface area contributed by atoms with Gasteiger partial charge in [-0.3, -0.25) is 0 Å². The van der Waals surface area contributed by atoms with Crippen LogP contribution >= 0.6 is 0 Å². The van der Waals surface area contributed by atoms with E-state index in [1.165, 1.54) is 28.7 Å². The van der Waals surface area contributed by atoms with Crippen molar-refractivity contribution in [1.29, 1.82) is 0 Å². The summed E-state index contributed by atoms with van der Waals surface area (Å²) in [7, 11) is 0. The number of nitrogens with two attached hydrogens (primary N) is 1. The van der Waals surface area contributed by atoms with Crippen molar-refractivity contribution in [3.63, 3.8) is 0 Å². The third-order valence-electron chi connectivity index (χ3n) is 3.38. The minimum atomic E-state index is 0.631. The molecule has 0 aliphatic heterocycles. The molecule has 3 rings (SSSR count). The van der Waals surface area contributed by atoms with Crippen molar-refractivity contribution in [2.45, 2.75) is 13.3 Å². The van der Waals surface area contributed by atoms with Crippen LogP contribution in [0.2, 0.25) is 0 Å². The van der Waals surface area contributed by atoms with E-state index < -0.39 is 0 Å². The Morgan fingerprint density at radius 3 is 2.69 bits per heavy atom. The third-order valence-corrected chi connectivity index (χ3v) is 3.38. The predicted octanol–water partition coefficient (Wildman–Crippen LogP) is 3.26. The Bertz CT molecular complexity index is 518. The first-order valence-electron chi connectivity index (χ1n) is 5.71. The first-order valence-corrected chi connectivity index (χ1v) is 5.71. The molecule has 0 radical (unpaired) electrons. The van der Waals surface area contributed by atoms with Gasteiger partial charge in [0.1, 0.15) is 0 Å². The van der Waals surface area contributed by atoms with Crippen LogP contribution in [0.3, 0.4) is 0 Å². The normalized spacial score (nSPS) is 23.2. The summed E-state index contributed by atoms with van der Waals surface area (Å²) in [4.78, 5) is 0. The summed E-state index contributed by atoms with van der Waals surface area (Å²) in [5.74, 6) is 0.631. The zero-order valence-corrected chi connectivity index (χ0v) is 9.40. The highest BCUT2D eigenvalue weighted by atomic mass is 14.6. The van der Waals surface area contributed by atoms with Gasteiger partial charge in [-0.1, -0.05) is 48.1 Å². The van der Waals surface area contributed by atoms with Gasteiger partial charge in [-0.05, 0) is 24.5 Å². The molecule has 0 amide bonds. The van der Waals surface area contributed by atoms with Crippen molar-refractivity contribution >= 4 is 5.57 Å². The highest BCUT2D eigenvalue weighted by molar-refractivity contribution is 5.85. The maximum Gasteiger partial charge on any atom is 0.0423 e. The van der Waals surface area contributed by atoms with Gasteiger partial charge in [0.2, 0.25) is 0 Å². The Hall–Kier alpha value is -1.76. The van der Waals surface area contributed by atoms with E-state index in [1.807, 2.05) is 6.07 Å². The molecule has 80 valence electrons. The van der Waals surface area contributed by atoms with E-state index in [1.54, 1.807) is 0 Å². The van der Waals surface area contributed by atoms with Crippen molar-refractivity contribution in [2.24, 2.45) is 11.7 Å². The molecule has 1 nitrogen and oxygen atoms in total. The Morgan fingerprint density at radius 2 is 1.94 bits per heavy atom. The van der Waals surface area contributed by atoms with E-state index in [0.29, 0.717) is 5.92 Å². The van der Waals surface area contributed by atoms with Crippen molar-refractivity contribution < 1.29 is 0 Å². The smallest absolute Gasteiger partial charge is 0.0423 e. The maximum absolute atomic E-state index is 6.24. The zero-order valence-electron chi connectivity index (χ0n) is 9.40. The Labute approximate surface area is 96.0 Å². The van der Waals surface area contributed by atoms with Gasteiger partial charge >= 0.3 is 0 Å². The second kappa shape index (κ2) is 3.38. The monoisotopic (exact) mass is 209 g/mol. The van der Waals surface area contributed by atoms with Crippen LogP contribution < -0.4 is 5.73 Å². The average Bonchev–Trinajstić information content (AvgIpc) is 3.07. The molecule has 1 aromatic rings. The van der Waals surface area contributed by atoms with Gasteiger partial charge in [0.25, 0.3) is 0 Å². The standard InChI is InChI=1S/C15H15N/c1-10-7-8-12-9-13(12)14(15(10)16)11-5-3-2-4-6-11/h2-8,12H,9,16H2,1H3. The lowest BCUT2D eigenvalue weighted by Crippen LogP contribution is -2.03. The van der Waals surface area contributed by atoms with E-state index in [0.717, 1.165) is 5.70 Å². The first-order chi connectivity index (χ1) is 7.77. The molecule has 1 atom stereocenters. The van der Waals surface area contributed by atoms with Gasteiger partial charge in [-0.15, -0.1) is 0 Å². The fourth-order valence-electron chi connectivity index (χ4n) is 2.32. The molecule has 0 aromatic heterocycles. The van der Waals surface area contributed by atoms with Gasteiger partial charge < -0.3 is 5.73 Å². The number of allylic oxidation sites excluding steroid dienone is 5. The van der Waals surface area contributed by atoms with Crippen LogP contribution in [0.15, 0.2) is 59.3 Å². The van der Waals surface area contributed by atoms with Gasteiger partial charge in [0.05, 0.1) is 0 Å². The van der Waals surface area contributed by atoms with E-state index in [9.17, 15) is 0 Å². The minimum Gasteiger partial charge on any atom is -0.398 e. The van der Waals surface area contributed by atoms with Crippen molar-refractivity contribution in [2.75, 3.05) is 0 Å². The van der Waals surface area contributed by atoms with E-state index in [4.69, 9.17) is 5.73 Å². The summed E-state index contributed by atoms with van der Waals surface area (Å²) < 4.78 is 0. The fourth-order valence-corrected chi connectivity index (χ4v) is 2.32. The van der Waals surface area contributed by atoms with E-state index in [-0.39, 0.29) is 0 Å². The van der Waals surface area contributed by atoms with Crippen LogP contribution in [0.1, 0.15) is 18.9 Å². The highest BCUT2D eigenvalue weighted by Crippen LogP contribution is 2.48. The second-order valence-electron chi connectivity index (χ2n) is 4.53.